The van der Waals surface area contributed by atoms with Crippen LogP contribution in [0.25, 0.3) is 0 Å². The number of alkyl halides is 2. The van der Waals surface area contributed by atoms with Gasteiger partial charge in [0.1, 0.15) is 0 Å². The fraction of sp³-hybridized carbons (Fsp3) is 0.833. The van der Waals surface area contributed by atoms with Crippen LogP contribution in [0.15, 0.2) is 0 Å². The average molecular weight is 399 g/mol. The molecule has 2 N–H and O–H groups in total. The van der Waals surface area contributed by atoms with E-state index in [9.17, 15) is 14.7 Å². The predicted octanol–water partition coefficient (Wildman–Crippen LogP) is 1.38. The molecule has 6 unspecified atom stereocenters. The van der Waals surface area contributed by atoms with Crippen LogP contribution in [0.5, 0.6) is 0 Å². The highest BCUT2D eigenvalue weighted by Crippen LogP contribution is 2.49. The highest BCUT2D eigenvalue weighted by Gasteiger charge is 2.63. The Labute approximate surface area is 128 Å². The number of rotatable bonds is 4. The maximum atomic E-state index is 12.2. The van der Waals surface area contributed by atoms with Crippen molar-refractivity contribution in [3.63, 3.8) is 0 Å². The summed E-state index contributed by atoms with van der Waals surface area (Å²) in [5.74, 6) is -2.27. The van der Waals surface area contributed by atoms with Crippen LogP contribution in [0.1, 0.15) is 13.8 Å². The molecule has 2 fully saturated rings. The number of aliphatic carboxylic acids is 1. The van der Waals surface area contributed by atoms with Gasteiger partial charge in [-0.25, -0.2) is 0 Å². The van der Waals surface area contributed by atoms with Gasteiger partial charge in [0.2, 0.25) is 5.91 Å². The Morgan fingerprint density at radius 3 is 2.21 bits per heavy atom. The lowest BCUT2D eigenvalue weighted by atomic mass is 9.78. The quantitative estimate of drug-likeness (QED) is 0.701. The van der Waals surface area contributed by atoms with E-state index in [1.165, 1.54) is 0 Å². The zero-order valence-electron chi connectivity index (χ0n) is 10.7. The number of fused-ring (bicyclic) bond motifs is 2. The van der Waals surface area contributed by atoms with E-state index in [1.54, 1.807) is 0 Å². The number of carbonyl (C=O) groups excluding carboxylic acids is 1. The normalized spacial score (nSPS) is 40.7. The summed E-state index contributed by atoms with van der Waals surface area (Å²) in [6.45, 7) is 4.53. The monoisotopic (exact) mass is 397 g/mol. The van der Waals surface area contributed by atoms with Crippen LogP contribution in [0.2, 0.25) is 0 Å². The van der Waals surface area contributed by atoms with E-state index in [1.807, 2.05) is 13.8 Å². The molecular formula is C12H17Br2NO4. The molecule has 6 atom stereocenters. The van der Waals surface area contributed by atoms with E-state index in [-0.39, 0.29) is 21.7 Å². The predicted molar refractivity (Wildman–Crippen MR) is 76.6 cm³/mol. The Morgan fingerprint density at radius 1 is 1.21 bits per heavy atom. The molecule has 7 heteroatoms. The van der Waals surface area contributed by atoms with Gasteiger partial charge < -0.3 is 15.2 Å². The van der Waals surface area contributed by atoms with Crippen molar-refractivity contribution in [2.24, 2.45) is 17.8 Å². The lowest BCUT2D eigenvalue weighted by Gasteiger charge is -2.30. The molecular weight excluding hydrogens is 382 g/mol. The van der Waals surface area contributed by atoms with Gasteiger partial charge in [0.15, 0.2) is 0 Å². The van der Waals surface area contributed by atoms with Crippen molar-refractivity contribution in [2.75, 3.05) is 6.54 Å². The number of hydrogen-bond donors (Lipinski definition) is 2. The fourth-order valence-corrected chi connectivity index (χ4v) is 4.21. The van der Waals surface area contributed by atoms with Crippen LogP contribution in [0.3, 0.4) is 0 Å². The number of nitrogens with one attached hydrogen (secondary N) is 1. The minimum Gasteiger partial charge on any atom is -0.481 e. The van der Waals surface area contributed by atoms with E-state index in [4.69, 9.17) is 4.74 Å². The highest BCUT2D eigenvalue weighted by molar-refractivity contribution is 9.12. The Morgan fingerprint density at radius 2 is 1.74 bits per heavy atom. The number of carboxylic acid groups (broad SMARTS) is 1. The molecule has 0 spiro atoms. The Kier molecular flexibility index (Phi) is 4.57. The largest absolute Gasteiger partial charge is 0.481 e. The van der Waals surface area contributed by atoms with Crippen LogP contribution in [0.4, 0.5) is 0 Å². The van der Waals surface area contributed by atoms with E-state index in [0.29, 0.717) is 12.5 Å². The number of ether oxygens (including phenoxy) is 1. The van der Waals surface area contributed by atoms with Crippen LogP contribution in [-0.2, 0) is 14.3 Å². The van der Waals surface area contributed by atoms with Crippen molar-refractivity contribution in [3.8, 4) is 0 Å². The van der Waals surface area contributed by atoms with Crippen molar-refractivity contribution in [3.05, 3.63) is 0 Å². The van der Waals surface area contributed by atoms with Gasteiger partial charge in [-0.05, 0) is 5.92 Å². The molecule has 2 saturated heterocycles. The lowest BCUT2D eigenvalue weighted by Crippen LogP contribution is -2.51. The van der Waals surface area contributed by atoms with Crippen molar-refractivity contribution in [1.29, 1.82) is 0 Å². The molecule has 2 rings (SSSR count). The molecule has 0 saturated carbocycles. The van der Waals surface area contributed by atoms with Crippen molar-refractivity contribution < 1.29 is 19.4 Å². The fourth-order valence-electron chi connectivity index (χ4n) is 2.70. The number of carboxylic acids is 1. The topological polar surface area (TPSA) is 75.6 Å². The maximum absolute atomic E-state index is 12.2. The van der Waals surface area contributed by atoms with Gasteiger partial charge >= 0.3 is 5.97 Å². The van der Waals surface area contributed by atoms with Gasteiger partial charge in [0.05, 0.1) is 33.7 Å². The number of halogens is 2. The Bertz CT molecular complexity index is 390. The van der Waals surface area contributed by atoms with E-state index in [0.717, 1.165) is 0 Å². The lowest BCUT2D eigenvalue weighted by molar-refractivity contribution is -0.147. The molecule has 0 aromatic carbocycles. The first kappa shape index (κ1) is 15.3. The third-order valence-corrected chi connectivity index (χ3v) is 6.50. The van der Waals surface area contributed by atoms with E-state index >= 15 is 0 Å². The zero-order chi connectivity index (χ0) is 14.3. The van der Waals surface area contributed by atoms with Crippen molar-refractivity contribution in [2.45, 2.75) is 35.7 Å². The van der Waals surface area contributed by atoms with Crippen LogP contribution in [0, 0.1) is 17.8 Å². The minimum absolute atomic E-state index is 0.0390. The van der Waals surface area contributed by atoms with Gasteiger partial charge in [-0.2, -0.15) is 0 Å². The third-order valence-electron chi connectivity index (χ3n) is 3.61. The first-order valence-electron chi connectivity index (χ1n) is 6.28. The molecule has 2 aliphatic heterocycles. The molecule has 1 amide bonds. The van der Waals surface area contributed by atoms with Gasteiger partial charge in [0.25, 0.3) is 0 Å². The summed E-state index contributed by atoms with van der Waals surface area (Å²) >= 11 is 6.92. The third kappa shape index (κ3) is 2.69. The summed E-state index contributed by atoms with van der Waals surface area (Å²) < 4.78 is 5.68. The molecule has 0 radical (unpaired) electrons. The van der Waals surface area contributed by atoms with Crippen molar-refractivity contribution in [1.82, 2.24) is 5.32 Å². The SMILES string of the molecule is CC(C)CNC(=O)C1C2OC(C(Br)C2Br)C1C(=O)O. The smallest absolute Gasteiger partial charge is 0.310 e. The van der Waals surface area contributed by atoms with Gasteiger partial charge in [-0.3, -0.25) is 9.59 Å². The summed E-state index contributed by atoms with van der Waals surface area (Å²) in [6.07, 6.45) is -0.843. The van der Waals surface area contributed by atoms with Gasteiger partial charge in [-0.15, -0.1) is 0 Å². The van der Waals surface area contributed by atoms with Crippen LogP contribution >= 0.6 is 31.9 Å². The molecule has 2 bridgehead atoms. The van der Waals surface area contributed by atoms with E-state index < -0.39 is 23.9 Å². The standard InChI is InChI=1S/C12H17Br2NO4/c1-4(2)3-15-11(16)5-6(12(17)18)10-8(14)7(13)9(5)19-10/h4-10H,3H2,1-2H3,(H,15,16)(H,17,18). The van der Waals surface area contributed by atoms with Crippen LogP contribution < -0.4 is 5.32 Å². The molecule has 108 valence electrons. The second-order valence-electron chi connectivity index (χ2n) is 5.48. The molecule has 0 aliphatic carbocycles. The second-order valence-corrected chi connectivity index (χ2v) is 7.60. The second kappa shape index (κ2) is 5.69. The van der Waals surface area contributed by atoms with E-state index in [2.05, 4.69) is 37.2 Å². The minimum atomic E-state index is -0.971. The summed E-state index contributed by atoms with van der Waals surface area (Å²) in [5, 5.41) is 12.2. The summed E-state index contributed by atoms with van der Waals surface area (Å²) in [7, 11) is 0. The molecule has 2 heterocycles. The maximum Gasteiger partial charge on any atom is 0.310 e. The first-order valence-corrected chi connectivity index (χ1v) is 8.11. The first-order chi connectivity index (χ1) is 8.84. The van der Waals surface area contributed by atoms with Crippen molar-refractivity contribution >= 4 is 43.7 Å². The number of hydrogen-bond acceptors (Lipinski definition) is 3. The molecule has 5 nitrogen and oxygen atoms in total. The molecule has 0 aromatic rings. The van der Waals surface area contributed by atoms with Gasteiger partial charge in [0, 0.05) is 6.54 Å². The summed E-state index contributed by atoms with van der Waals surface area (Å²) in [4.78, 5) is 23.5. The molecule has 0 aromatic heterocycles. The molecule has 19 heavy (non-hydrogen) atoms. The highest BCUT2D eigenvalue weighted by atomic mass is 79.9. The number of amides is 1. The Balaban J connectivity index is 2.14. The number of carbonyl (C=O) groups is 2. The zero-order valence-corrected chi connectivity index (χ0v) is 13.8. The average Bonchev–Trinajstić information content (AvgIpc) is 2.84. The molecule has 2 aliphatic rings. The van der Waals surface area contributed by atoms with Gasteiger partial charge in [-0.1, -0.05) is 45.7 Å². The summed E-state index contributed by atoms with van der Waals surface area (Å²) in [5.41, 5.74) is 0. The summed E-state index contributed by atoms with van der Waals surface area (Å²) in [6, 6.07) is 0. The Hall–Kier alpha value is -0.140. The van der Waals surface area contributed by atoms with Crippen LogP contribution in [-0.4, -0.2) is 45.4 Å².